The van der Waals surface area contributed by atoms with Crippen molar-refractivity contribution < 1.29 is 12.8 Å². The molecule has 0 heterocycles. The Bertz CT molecular complexity index is 640. The summed E-state index contributed by atoms with van der Waals surface area (Å²) < 4.78 is 40.2. The number of hydrogen-bond acceptors (Lipinski definition) is 3. The molecular formula is C14H20FN3O2S. The van der Waals surface area contributed by atoms with Crippen LogP contribution in [0.25, 0.3) is 0 Å². The number of hydrogen-bond donors (Lipinski definition) is 0. The van der Waals surface area contributed by atoms with E-state index in [1.807, 2.05) is 6.07 Å². The molecule has 0 aliphatic heterocycles. The van der Waals surface area contributed by atoms with Crippen LogP contribution in [0.4, 0.5) is 4.39 Å². The standard InChI is InChI=1S/C14H20FN3O2S/c1-11-9-14(15)6-5-13(11)10-17(3)21(19,20)18(4)12(2)7-8-16/h5-6,9,12H,7,10H2,1-4H3/t12-/m0/s1. The van der Waals surface area contributed by atoms with Gasteiger partial charge in [0, 0.05) is 26.7 Å². The van der Waals surface area contributed by atoms with Gasteiger partial charge in [0.25, 0.3) is 10.2 Å². The minimum atomic E-state index is -3.66. The maximum atomic E-state index is 13.1. The van der Waals surface area contributed by atoms with Gasteiger partial charge in [0.1, 0.15) is 5.82 Å². The van der Waals surface area contributed by atoms with Crippen molar-refractivity contribution in [2.75, 3.05) is 14.1 Å². The summed E-state index contributed by atoms with van der Waals surface area (Å²) in [5.74, 6) is -0.346. The maximum absolute atomic E-state index is 13.1. The predicted molar refractivity (Wildman–Crippen MR) is 79.0 cm³/mol. The van der Waals surface area contributed by atoms with Crippen LogP contribution < -0.4 is 0 Å². The molecule has 0 aromatic heterocycles. The molecule has 0 amide bonds. The lowest BCUT2D eigenvalue weighted by molar-refractivity contribution is 0.344. The van der Waals surface area contributed by atoms with Crippen LogP contribution in [0.15, 0.2) is 18.2 Å². The van der Waals surface area contributed by atoms with Crippen LogP contribution >= 0.6 is 0 Å². The van der Waals surface area contributed by atoms with Crippen LogP contribution in [0.3, 0.4) is 0 Å². The van der Waals surface area contributed by atoms with Crippen molar-refractivity contribution in [2.24, 2.45) is 0 Å². The second-order valence-electron chi connectivity index (χ2n) is 5.06. The molecular weight excluding hydrogens is 293 g/mol. The van der Waals surface area contributed by atoms with Crippen molar-refractivity contribution in [2.45, 2.75) is 32.9 Å². The summed E-state index contributed by atoms with van der Waals surface area (Å²) in [5, 5.41) is 8.67. The summed E-state index contributed by atoms with van der Waals surface area (Å²) in [6, 6.07) is 5.81. The lowest BCUT2D eigenvalue weighted by atomic mass is 10.1. The number of halogens is 1. The van der Waals surface area contributed by atoms with Gasteiger partial charge in [-0.25, -0.2) is 4.39 Å². The van der Waals surface area contributed by atoms with Crippen molar-refractivity contribution in [3.05, 3.63) is 35.1 Å². The van der Waals surface area contributed by atoms with Gasteiger partial charge < -0.3 is 0 Å². The van der Waals surface area contributed by atoms with Crippen molar-refractivity contribution in [1.82, 2.24) is 8.61 Å². The molecule has 0 N–H and O–H groups in total. The molecule has 1 atom stereocenters. The third kappa shape index (κ3) is 4.24. The number of aryl methyl sites for hydroxylation is 1. The molecule has 5 nitrogen and oxygen atoms in total. The SMILES string of the molecule is Cc1cc(F)ccc1CN(C)S(=O)(=O)N(C)[C@@H](C)CC#N. The average molecular weight is 313 g/mol. The third-order valence-electron chi connectivity index (χ3n) is 3.46. The first-order valence-corrected chi connectivity index (χ1v) is 7.91. The number of benzene rings is 1. The van der Waals surface area contributed by atoms with Gasteiger partial charge in [-0.15, -0.1) is 0 Å². The molecule has 0 bridgehead atoms. The van der Waals surface area contributed by atoms with Crippen LogP contribution in [-0.4, -0.2) is 37.2 Å². The van der Waals surface area contributed by atoms with E-state index in [4.69, 9.17) is 5.26 Å². The zero-order valence-electron chi connectivity index (χ0n) is 12.7. The van der Waals surface area contributed by atoms with Crippen LogP contribution in [-0.2, 0) is 16.8 Å². The third-order valence-corrected chi connectivity index (χ3v) is 5.47. The highest BCUT2D eigenvalue weighted by atomic mass is 32.2. The summed E-state index contributed by atoms with van der Waals surface area (Å²) in [6.45, 7) is 3.57. The zero-order valence-corrected chi connectivity index (χ0v) is 13.5. The van der Waals surface area contributed by atoms with Crippen molar-refractivity contribution >= 4 is 10.2 Å². The van der Waals surface area contributed by atoms with E-state index >= 15 is 0 Å². The van der Waals surface area contributed by atoms with E-state index in [-0.39, 0.29) is 18.8 Å². The number of nitrogens with zero attached hydrogens (tertiary/aromatic N) is 3. The molecule has 0 fully saturated rings. The molecule has 1 rings (SSSR count). The van der Waals surface area contributed by atoms with Gasteiger partial charge in [0.05, 0.1) is 12.5 Å². The van der Waals surface area contributed by atoms with Gasteiger partial charge in [0.15, 0.2) is 0 Å². The fraction of sp³-hybridized carbons (Fsp3) is 0.500. The fourth-order valence-corrected chi connectivity index (χ4v) is 3.14. The van der Waals surface area contributed by atoms with E-state index in [0.29, 0.717) is 5.56 Å². The van der Waals surface area contributed by atoms with E-state index in [0.717, 1.165) is 5.56 Å². The monoisotopic (exact) mass is 313 g/mol. The van der Waals surface area contributed by atoms with Gasteiger partial charge in [0.2, 0.25) is 0 Å². The summed E-state index contributed by atoms with van der Waals surface area (Å²) in [6.07, 6.45) is 0.124. The lowest BCUT2D eigenvalue weighted by Crippen LogP contribution is -2.43. The normalized spacial score (nSPS) is 13.4. The van der Waals surface area contributed by atoms with E-state index in [9.17, 15) is 12.8 Å². The Morgan fingerprint density at radius 3 is 2.52 bits per heavy atom. The van der Waals surface area contributed by atoms with Crippen molar-refractivity contribution in [3.63, 3.8) is 0 Å². The number of rotatable bonds is 6. The smallest absolute Gasteiger partial charge is 0.207 e. The second kappa shape index (κ2) is 6.98. The molecule has 0 saturated carbocycles. The minimum Gasteiger partial charge on any atom is -0.207 e. The molecule has 21 heavy (non-hydrogen) atoms. The van der Waals surface area contributed by atoms with Crippen molar-refractivity contribution in [1.29, 1.82) is 5.26 Å². The Kier molecular flexibility index (Phi) is 5.84. The maximum Gasteiger partial charge on any atom is 0.282 e. The highest BCUT2D eigenvalue weighted by Crippen LogP contribution is 2.17. The first kappa shape index (κ1) is 17.6. The Labute approximate surface area is 125 Å². The van der Waals surface area contributed by atoms with Crippen LogP contribution in [0.2, 0.25) is 0 Å². The van der Waals surface area contributed by atoms with Gasteiger partial charge in [-0.2, -0.15) is 22.3 Å². The van der Waals surface area contributed by atoms with Gasteiger partial charge in [-0.1, -0.05) is 6.07 Å². The van der Waals surface area contributed by atoms with E-state index in [1.165, 1.54) is 34.8 Å². The Hall–Kier alpha value is -1.49. The quantitative estimate of drug-likeness (QED) is 0.807. The lowest BCUT2D eigenvalue weighted by Gasteiger charge is -2.28. The Morgan fingerprint density at radius 2 is 2.00 bits per heavy atom. The highest BCUT2D eigenvalue weighted by molar-refractivity contribution is 7.86. The molecule has 0 saturated heterocycles. The first-order chi connectivity index (χ1) is 9.70. The van der Waals surface area contributed by atoms with Crippen LogP contribution in [0.5, 0.6) is 0 Å². The van der Waals surface area contributed by atoms with E-state index < -0.39 is 16.3 Å². The van der Waals surface area contributed by atoms with Gasteiger partial charge >= 0.3 is 0 Å². The number of nitriles is 1. The first-order valence-electron chi connectivity index (χ1n) is 6.51. The Balaban J connectivity index is 2.91. The summed E-state index contributed by atoms with van der Waals surface area (Å²) in [7, 11) is -0.748. The predicted octanol–water partition coefficient (Wildman–Crippen LogP) is 2.04. The van der Waals surface area contributed by atoms with Gasteiger partial charge in [-0.3, -0.25) is 0 Å². The van der Waals surface area contributed by atoms with E-state index in [1.54, 1.807) is 19.9 Å². The largest absolute Gasteiger partial charge is 0.282 e. The molecule has 0 aliphatic carbocycles. The second-order valence-corrected chi connectivity index (χ2v) is 7.16. The molecule has 116 valence electrons. The van der Waals surface area contributed by atoms with Crippen LogP contribution in [0, 0.1) is 24.1 Å². The highest BCUT2D eigenvalue weighted by Gasteiger charge is 2.27. The van der Waals surface area contributed by atoms with Crippen molar-refractivity contribution in [3.8, 4) is 6.07 Å². The molecule has 7 heteroatoms. The molecule has 0 radical (unpaired) electrons. The molecule has 0 unspecified atom stereocenters. The molecule has 0 aliphatic rings. The van der Waals surface area contributed by atoms with Gasteiger partial charge in [-0.05, 0) is 37.1 Å². The van der Waals surface area contributed by atoms with E-state index in [2.05, 4.69) is 0 Å². The summed E-state index contributed by atoms with van der Waals surface area (Å²) in [5.41, 5.74) is 1.44. The topological polar surface area (TPSA) is 64.4 Å². The zero-order chi connectivity index (χ0) is 16.2. The summed E-state index contributed by atoms with van der Waals surface area (Å²) in [4.78, 5) is 0. The average Bonchev–Trinajstić information content (AvgIpc) is 2.41. The molecule has 1 aromatic rings. The molecule has 0 spiro atoms. The minimum absolute atomic E-state index is 0.124. The Morgan fingerprint density at radius 1 is 1.38 bits per heavy atom. The fourth-order valence-electron chi connectivity index (χ4n) is 1.87. The summed E-state index contributed by atoms with van der Waals surface area (Å²) >= 11 is 0. The molecule has 1 aromatic carbocycles. The van der Waals surface area contributed by atoms with Crippen LogP contribution in [0.1, 0.15) is 24.5 Å².